The zero-order valence-corrected chi connectivity index (χ0v) is 11.6. The molecule has 0 atom stereocenters. The van der Waals surface area contributed by atoms with Gasteiger partial charge in [-0.3, -0.25) is 0 Å². The van der Waals surface area contributed by atoms with Gasteiger partial charge in [0, 0.05) is 11.6 Å². The Balaban J connectivity index is 2.27. The van der Waals surface area contributed by atoms with E-state index in [-0.39, 0.29) is 18.1 Å². The van der Waals surface area contributed by atoms with Crippen LogP contribution in [0.25, 0.3) is 0 Å². The van der Waals surface area contributed by atoms with E-state index < -0.39 is 0 Å². The van der Waals surface area contributed by atoms with Crippen LogP contribution in [0.1, 0.15) is 18.1 Å². The first-order valence-corrected chi connectivity index (χ1v) is 6.48. The van der Waals surface area contributed by atoms with E-state index >= 15 is 0 Å². The van der Waals surface area contributed by atoms with Gasteiger partial charge in [-0.1, -0.05) is 18.2 Å². The molecule has 0 saturated carbocycles. The summed E-state index contributed by atoms with van der Waals surface area (Å²) in [6, 6.07) is 11.4. The van der Waals surface area contributed by atoms with E-state index in [1.807, 2.05) is 13.0 Å². The molecule has 0 bridgehead atoms. The van der Waals surface area contributed by atoms with Crippen molar-refractivity contribution in [2.24, 2.45) is 0 Å². The number of halogens is 1. The lowest BCUT2D eigenvalue weighted by Crippen LogP contribution is -2.04. The van der Waals surface area contributed by atoms with Crippen LogP contribution in [0.5, 0.6) is 11.5 Å². The zero-order chi connectivity index (χ0) is 15.2. The molecule has 108 valence electrons. The third-order valence-corrected chi connectivity index (χ3v) is 2.84. The van der Waals surface area contributed by atoms with E-state index in [0.717, 1.165) is 0 Å². The fourth-order valence-corrected chi connectivity index (χ4v) is 1.87. The topological polar surface area (TPSA) is 68.3 Å². The maximum absolute atomic E-state index is 13.6. The molecule has 0 amide bonds. The molecule has 0 spiro atoms. The van der Waals surface area contributed by atoms with Gasteiger partial charge >= 0.3 is 0 Å². The molecule has 2 N–H and O–H groups in total. The molecule has 0 saturated heterocycles. The molecule has 21 heavy (non-hydrogen) atoms. The summed E-state index contributed by atoms with van der Waals surface area (Å²) in [5.41, 5.74) is 6.97. The summed E-state index contributed by atoms with van der Waals surface area (Å²) < 4.78 is 24.6. The fourth-order valence-electron chi connectivity index (χ4n) is 1.87. The van der Waals surface area contributed by atoms with Crippen LogP contribution in [0, 0.1) is 17.1 Å². The molecule has 2 aromatic carbocycles. The SMILES string of the molecule is CCOc1cc(C#N)cc(N)c1OCc1ccccc1F. The van der Waals surface area contributed by atoms with Crippen LogP contribution in [0.3, 0.4) is 0 Å². The predicted octanol–water partition coefficient (Wildman–Crippen LogP) is 3.26. The number of nitrogen functional groups attached to an aromatic ring is 1. The van der Waals surface area contributed by atoms with E-state index in [1.54, 1.807) is 24.3 Å². The molecule has 0 aliphatic carbocycles. The average Bonchev–Trinajstić information content (AvgIpc) is 2.48. The first-order chi connectivity index (χ1) is 10.2. The Kier molecular flexibility index (Phi) is 4.62. The molecule has 0 fully saturated rings. The highest BCUT2D eigenvalue weighted by Gasteiger charge is 2.13. The number of anilines is 1. The maximum atomic E-state index is 13.6. The van der Waals surface area contributed by atoms with E-state index in [1.165, 1.54) is 12.1 Å². The number of rotatable bonds is 5. The van der Waals surface area contributed by atoms with Crippen molar-refractivity contribution in [3.63, 3.8) is 0 Å². The number of nitrogens with two attached hydrogens (primary N) is 1. The predicted molar refractivity (Wildman–Crippen MR) is 77.5 cm³/mol. The monoisotopic (exact) mass is 286 g/mol. The van der Waals surface area contributed by atoms with E-state index in [0.29, 0.717) is 29.2 Å². The molecular formula is C16H15FN2O2. The van der Waals surface area contributed by atoms with Crippen molar-refractivity contribution in [3.8, 4) is 17.6 Å². The lowest BCUT2D eigenvalue weighted by Gasteiger charge is -2.14. The van der Waals surface area contributed by atoms with Crippen LogP contribution in [-0.2, 0) is 6.61 Å². The molecule has 0 unspecified atom stereocenters. The molecule has 0 heterocycles. The second-order valence-corrected chi connectivity index (χ2v) is 4.32. The minimum absolute atomic E-state index is 0.0306. The lowest BCUT2D eigenvalue weighted by atomic mass is 10.2. The first-order valence-electron chi connectivity index (χ1n) is 6.48. The van der Waals surface area contributed by atoms with Gasteiger partial charge in [0.15, 0.2) is 11.5 Å². The Hall–Kier alpha value is -2.74. The molecule has 0 radical (unpaired) electrons. The van der Waals surface area contributed by atoms with E-state index in [2.05, 4.69) is 0 Å². The Morgan fingerprint density at radius 1 is 1.24 bits per heavy atom. The van der Waals surface area contributed by atoms with Crippen LogP contribution in [0.15, 0.2) is 36.4 Å². The summed E-state index contributed by atoms with van der Waals surface area (Å²) in [5, 5.41) is 8.94. The highest BCUT2D eigenvalue weighted by atomic mass is 19.1. The second-order valence-electron chi connectivity index (χ2n) is 4.32. The van der Waals surface area contributed by atoms with Gasteiger partial charge in [0.1, 0.15) is 12.4 Å². The number of nitrogens with zero attached hydrogens (tertiary/aromatic N) is 1. The summed E-state index contributed by atoms with van der Waals surface area (Å²) in [6.45, 7) is 2.25. The Labute approximate surface area is 122 Å². The zero-order valence-electron chi connectivity index (χ0n) is 11.6. The van der Waals surface area contributed by atoms with E-state index in [4.69, 9.17) is 20.5 Å². The highest BCUT2D eigenvalue weighted by Crippen LogP contribution is 2.35. The van der Waals surface area contributed by atoms with Gasteiger partial charge in [-0.15, -0.1) is 0 Å². The standard InChI is InChI=1S/C16H15FN2O2/c1-2-20-15-8-11(9-18)7-14(19)16(15)21-10-12-5-3-4-6-13(12)17/h3-8H,2,10,19H2,1H3. The van der Waals surface area contributed by atoms with Gasteiger partial charge in [-0.25, -0.2) is 4.39 Å². The molecule has 0 aliphatic rings. The van der Waals surface area contributed by atoms with Crippen LogP contribution < -0.4 is 15.2 Å². The quantitative estimate of drug-likeness (QED) is 0.857. The minimum Gasteiger partial charge on any atom is -0.490 e. The lowest BCUT2D eigenvalue weighted by molar-refractivity contribution is 0.267. The number of hydrogen-bond donors (Lipinski definition) is 1. The summed E-state index contributed by atoms with van der Waals surface area (Å²) in [5.74, 6) is 0.354. The van der Waals surface area contributed by atoms with Gasteiger partial charge in [0.25, 0.3) is 0 Å². The number of hydrogen-bond acceptors (Lipinski definition) is 4. The van der Waals surface area contributed by atoms with Crippen molar-refractivity contribution in [2.45, 2.75) is 13.5 Å². The molecule has 5 heteroatoms. The molecule has 4 nitrogen and oxygen atoms in total. The van der Waals surface area contributed by atoms with Crippen LogP contribution in [0.4, 0.5) is 10.1 Å². The van der Waals surface area contributed by atoms with Gasteiger partial charge in [0.05, 0.1) is 23.9 Å². The highest BCUT2D eigenvalue weighted by molar-refractivity contribution is 5.64. The minimum atomic E-state index is -0.345. The first kappa shape index (κ1) is 14.7. The van der Waals surface area contributed by atoms with Crippen LogP contribution >= 0.6 is 0 Å². The number of ether oxygens (including phenoxy) is 2. The van der Waals surface area contributed by atoms with Gasteiger partial charge in [-0.2, -0.15) is 5.26 Å². The molecule has 0 aliphatic heterocycles. The summed E-state index contributed by atoms with van der Waals surface area (Å²) in [6.07, 6.45) is 0. The maximum Gasteiger partial charge on any atom is 0.184 e. The summed E-state index contributed by atoms with van der Waals surface area (Å²) >= 11 is 0. The Morgan fingerprint density at radius 3 is 2.67 bits per heavy atom. The molecule has 2 rings (SSSR count). The third kappa shape index (κ3) is 3.42. The van der Waals surface area contributed by atoms with Crippen molar-refractivity contribution >= 4 is 5.69 Å². The van der Waals surface area contributed by atoms with Gasteiger partial charge in [-0.05, 0) is 19.1 Å². The van der Waals surface area contributed by atoms with Crippen molar-refractivity contribution < 1.29 is 13.9 Å². The summed E-state index contributed by atoms with van der Waals surface area (Å²) in [4.78, 5) is 0. The van der Waals surface area contributed by atoms with Gasteiger partial charge < -0.3 is 15.2 Å². The second kappa shape index (κ2) is 6.62. The van der Waals surface area contributed by atoms with E-state index in [9.17, 15) is 4.39 Å². The third-order valence-electron chi connectivity index (χ3n) is 2.84. The van der Waals surface area contributed by atoms with Crippen LogP contribution in [-0.4, -0.2) is 6.61 Å². The Morgan fingerprint density at radius 2 is 2.00 bits per heavy atom. The Bertz CT molecular complexity index is 680. The van der Waals surface area contributed by atoms with Crippen LogP contribution in [0.2, 0.25) is 0 Å². The van der Waals surface area contributed by atoms with Crippen molar-refractivity contribution in [3.05, 3.63) is 53.3 Å². The van der Waals surface area contributed by atoms with Crippen molar-refractivity contribution in [2.75, 3.05) is 12.3 Å². The molecule has 0 aromatic heterocycles. The fraction of sp³-hybridized carbons (Fsp3) is 0.188. The largest absolute Gasteiger partial charge is 0.490 e. The van der Waals surface area contributed by atoms with Crippen molar-refractivity contribution in [1.29, 1.82) is 5.26 Å². The average molecular weight is 286 g/mol. The molecule has 2 aromatic rings. The van der Waals surface area contributed by atoms with Crippen molar-refractivity contribution in [1.82, 2.24) is 0 Å². The number of benzene rings is 2. The molecular weight excluding hydrogens is 271 g/mol. The normalized spacial score (nSPS) is 9.95. The smallest absolute Gasteiger partial charge is 0.184 e. The summed E-state index contributed by atoms with van der Waals surface area (Å²) in [7, 11) is 0. The number of nitriles is 1. The van der Waals surface area contributed by atoms with Gasteiger partial charge in [0.2, 0.25) is 0 Å².